The Morgan fingerprint density at radius 1 is 0.857 bits per heavy atom. The molecule has 0 aromatic heterocycles. The smallest absolute Gasteiger partial charge is 0.266 e. The molecular formula is C24H25NO3. The molecule has 0 aliphatic carbocycles. The fourth-order valence-corrected chi connectivity index (χ4v) is 3.40. The third kappa shape index (κ3) is 3.68. The van der Waals surface area contributed by atoms with E-state index in [2.05, 4.69) is 13.5 Å². The maximum Gasteiger partial charge on any atom is 0.266 e. The molecule has 0 unspecified atom stereocenters. The van der Waals surface area contributed by atoms with Crippen molar-refractivity contribution in [1.82, 2.24) is 0 Å². The van der Waals surface area contributed by atoms with Gasteiger partial charge in [-0.1, -0.05) is 45.0 Å². The molecule has 4 heteroatoms. The van der Waals surface area contributed by atoms with Gasteiger partial charge in [0, 0.05) is 12.0 Å². The van der Waals surface area contributed by atoms with Gasteiger partial charge in [0.1, 0.15) is 0 Å². The predicted octanol–water partition coefficient (Wildman–Crippen LogP) is 5.67. The number of unbranched alkanes of at least 4 members (excludes halogenated alkanes) is 1. The number of hydrogen-bond acceptors (Lipinski definition) is 3. The van der Waals surface area contributed by atoms with Gasteiger partial charge in [-0.2, -0.15) is 0 Å². The number of allylic oxidation sites excluding steroid dienone is 1. The van der Waals surface area contributed by atoms with Crippen molar-refractivity contribution in [2.75, 3.05) is 4.90 Å². The molecule has 0 saturated heterocycles. The number of fused-ring (bicyclic) bond motifs is 1. The van der Waals surface area contributed by atoms with Gasteiger partial charge in [0.25, 0.3) is 11.8 Å². The zero-order valence-corrected chi connectivity index (χ0v) is 16.5. The monoisotopic (exact) mass is 375 g/mol. The highest BCUT2D eigenvalue weighted by Gasteiger charge is 2.37. The van der Waals surface area contributed by atoms with Crippen molar-refractivity contribution in [3.63, 3.8) is 0 Å². The Kier molecular flexibility index (Phi) is 5.88. The van der Waals surface area contributed by atoms with Gasteiger partial charge in [-0.15, -0.1) is 0 Å². The third-order valence-electron chi connectivity index (χ3n) is 5.05. The number of nitrogens with zero attached hydrogens (tertiary/aromatic N) is 1. The van der Waals surface area contributed by atoms with Crippen molar-refractivity contribution >= 4 is 28.9 Å². The van der Waals surface area contributed by atoms with Crippen LogP contribution in [0, 0.1) is 0 Å². The molecule has 4 nitrogen and oxygen atoms in total. The van der Waals surface area contributed by atoms with E-state index in [-0.39, 0.29) is 17.6 Å². The minimum Gasteiger partial charge on any atom is -0.294 e. The summed E-state index contributed by atoms with van der Waals surface area (Å²) >= 11 is 0. The maximum atomic E-state index is 12.9. The van der Waals surface area contributed by atoms with Crippen molar-refractivity contribution in [2.24, 2.45) is 0 Å². The number of hydrogen-bond donors (Lipinski definition) is 0. The first-order valence-corrected chi connectivity index (χ1v) is 9.82. The lowest BCUT2D eigenvalue weighted by Gasteiger charge is -2.15. The highest BCUT2D eigenvalue weighted by molar-refractivity contribution is 6.34. The molecule has 0 atom stereocenters. The van der Waals surface area contributed by atoms with Crippen molar-refractivity contribution in [1.29, 1.82) is 0 Å². The summed E-state index contributed by atoms with van der Waals surface area (Å²) in [5, 5.41) is 0. The molecule has 0 bridgehead atoms. The number of carbonyl (C=O) groups excluding carboxylic acids is 3. The van der Waals surface area contributed by atoms with Crippen LogP contribution in [0.3, 0.4) is 0 Å². The summed E-state index contributed by atoms with van der Waals surface area (Å²) in [6.45, 7) is 8.19. The van der Waals surface area contributed by atoms with Crippen LogP contribution in [0.1, 0.15) is 82.6 Å². The second-order valence-corrected chi connectivity index (χ2v) is 7.13. The van der Waals surface area contributed by atoms with E-state index in [1.54, 1.807) is 30.3 Å². The first-order valence-electron chi connectivity index (χ1n) is 9.82. The van der Waals surface area contributed by atoms with E-state index >= 15 is 0 Å². The van der Waals surface area contributed by atoms with E-state index in [9.17, 15) is 14.4 Å². The lowest BCUT2D eigenvalue weighted by Crippen LogP contribution is -2.29. The second-order valence-electron chi connectivity index (χ2n) is 7.13. The van der Waals surface area contributed by atoms with Crippen LogP contribution < -0.4 is 4.90 Å². The molecule has 28 heavy (non-hydrogen) atoms. The lowest BCUT2D eigenvalue weighted by molar-refractivity contribution is 0.0925. The molecule has 144 valence electrons. The summed E-state index contributed by atoms with van der Waals surface area (Å²) in [5.74, 6) is -0.755. The lowest BCUT2D eigenvalue weighted by atomic mass is 10.0. The first kappa shape index (κ1) is 19.7. The largest absolute Gasteiger partial charge is 0.294 e. The van der Waals surface area contributed by atoms with Crippen LogP contribution in [0.2, 0.25) is 0 Å². The summed E-state index contributed by atoms with van der Waals surface area (Å²) < 4.78 is 0. The van der Waals surface area contributed by atoms with E-state index in [1.165, 1.54) is 4.90 Å². The minimum atomic E-state index is -0.385. The third-order valence-corrected chi connectivity index (χ3v) is 5.05. The fraction of sp³-hybridized carbons (Fsp3) is 0.292. The Labute approximate surface area is 165 Å². The molecule has 0 radical (unpaired) electrons. The number of Topliss-reactive ketones (excluding diaryl/α,β-unsaturated/α-hetero) is 1. The van der Waals surface area contributed by atoms with Crippen LogP contribution in [0.4, 0.5) is 5.69 Å². The van der Waals surface area contributed by atoms with Gasteiger partial charge in [-0.05, 0) is 54.7 Å². The number of benzene rings is 2. The molecule has 2 aromatic carbocycles. The molecule has 2 aromatic rings. The van der Waals surface area contributed by atoms with Crippen LogP contribution in [-0.4, -0.2) is 17.6 Å². The minimum absolute atomic E-state index is 0.0149. The average molecular weight is 375 g/mol. The van der Waals surface area contributed by atoms with E-state index in [0.717, 1.165) is 36.8 Å². The van der Waals surface area contributed by atoms with Crippen LogP contribution in [-0.2, 0) is 0 Å². The van der Waals surface area contributed by atoms with Crippen molar-refractivity contribution < 1.29 is 14.4 Å². The number of rotatable bonds is 8. The summed E-state index contributed by atoms with van der Waals surface area (Å²) in [6, 6.07) is 12.1. The molecular weight excluding hydrogens is 350 g/mol. The normalized spacial score (nSPS) is 13.0. The summed E-state index contributed by atoms with van der Waals surface area (Å²) in [5.41, 5.74) is 3.71. The summed E-state index contributed by atoms with van der Waals surface area (Å²) in [7, 11) is 0. The number of imide groups is 1. The molecule has 2 amide bonds. The average Bonchev–Trinajstić information content (AvgIpc) is 2.96. The van der Waals surface area contributed by atoms with Crippen LogP contribution in [0.15, 0.2) is 49.0 Å². The van der Waals surface area contributed by atoms with Gasteiger partial charge in [0.15, 0.2) is 5.78 Å². The highest BCUT2D eigenvalue weighted by Crippen LogP contribution is 2.30. The molecule has 3 rings (SSSR count). The van der Waals surface area contributed by atoms with E-state index < -0.39 is 0 Å². The number of amides is 2. The number of carbonyl (C=O) groups is 3. The Morgan fingerprint density at radius 3 is 2.14 bits per heavy atom. The zero-order chi connectivity index (χ0) is 20.3. The Hall–Kier alpha value is -3.01. The molecule has 0 N–H and O–H groups in total. The highest BCUT2D eigenvalue weighted by atomic mass is 16.2. The van der Waals surface area contributed by atoms with Crippen molar-refractivity contribution in [3.05, 3.63) is 71.3 Å². The molecule has 1 aliphatic heterocycles. The van der Waals surface area contributed by atoms with Gasteiger partial charge in [0.05, 0.1) is 16.8 Å². The first-order chi connectivity index (χ1) is 13.5. The Bertz CT molecular complexity index is 941. The van der Waals surface area contributed by atoms with Crippen LogP contribution in [0.5, 0.6) is 0 Å². The molecule has 1 aliphatic rings. The van der Waals surface area contributed by atoms with Crippen LogP contribution in [0.25, 0.3) is 5.57 Å². The molecule has 0 fully saturated rings. The Balaban J connectivity index is 1.85. The second kappa shape index (κ2) is 8.34. The van der Waals surface area contributed by atoms with Crippen molar-refractivity contribution in [3.8, 4) is 0 Å². The fourth-order valence-electron chi connectivity index (χ4n) is 3.40. The zero-order valence-electron chi connectivity index (χ0n) is 16.5. The number of anilines is 1. The molecule has 0 saturated carbocycles. The van der Waals surface area contributed by atoms with Gasteiger partial charge in [-0.3, -0.25) is 14.4 Å². The van der Waals surface area contributed by atoms with Gasteiger partial charge >= 0.3 is 0 Å². The maximum absolute atomic E-state index is 12.9. The SMILES string of the molecule is C=C(CCCC)c1ccc(N2C(=O)c3ccc(C(=O)CCC)cc3C2=O)cc1. The van der Waals surface area contributed by atoms with E-state index in [4.69, 9.17) is 0 Å². The quantitative estimate of drug-likeness (QED) is 0.441. The van der Waals surface area contributed by atoms with Crippen LogP contribution >= 0.6 is 0 Å². The van der Waals surface area contributed by atoms with Gasteiger partial charge < -0.3 is 0 Å². The summed E-state index contributed by atoms with van der Waals surface area (Å²) in [6.07, 6.45) is 4.28. The Morgan fingerprint density at radius 2 is 1.50 bits per heavy atom. The molecule has 1 heterocycles. The predicted molar refractivity (Wildman–Crippen MR) is 112 cm³/mol. The molecule has 0 spiro atoms. The summed E-state index contributed by atoms with van der Waals surface area (Å²) in [4.78, 5) is 39.0. The van der Waals surface area contributed by atoms with Gasteiger partial charge in [0.2, 0.25) is 0 Å². The van der Waals surface area contributed by atoms with E-state index in [1.807, 2.05) is 19.1 Å². The van der Waals surface area contributed by atoms with Crippen molar-refractivity contribution in [2.45, 2.75) is 46.0 Å². The van der Waals surface area contributed by atoms with E-state index in [0.29, 0.717) is 28.8 Å². The topological polar surface area (TPSA) is 54.5 Å². The number of ketones is 1. The van der Waals surface area contributed by atoms with Gasteiger partial charge in [-0.25, -0.2) is 4.90 Å². The standard InChI is InChI=1S/C24H25NO3/c1-4-6-8-16(3)17-9-12-19(13-10-17)25-23(27)20-14-11-18(22(26)7-5-2)15-21(20)24(25)28/h9-15H,3-8H2,1-2H3.